The summed E-state index contributed by atoms with van der Waals surface area (Å²) in [4.78, 5) is 23.9. The lowest BCUT2D eigenvalue weighted by Gasteiger charge is -2.10. The second-order valence-electron chi connectivity index (χ2n) is 4.99. The average molecular weight is 332 g/mol. The number of ether oxygens (including phenoxy) is 2. The van der Waals surface area contributed by atoms with Gasteiger partial charge in [-0.1, -0.05) is 30.3 Å². The molecule has 2 aromatic rings. The molecule has 1 heterocycles. The summed E-state index contributed by atoms with van der Waals surface area (Å²) in [5.74, 6) is -0.441. The lowest BCUT2D eigenvalue weighted by atomic mass is 10.1. The molecule has 0 unspecified atom stereocenters. The summed E-state index contributed by atoms with van der Waals surface area (Å²) in [6, 6.07) is 7.49. The normalized spacial score (nSPS) is 10.3. The molecule has 128 valence electrons. The Kier molecular flexibility index (Phi) is 5.95. The van der Waals surface area contributed by atoms with Crippen LogP contribution in [-0.4, -0.2) is 30.2 Å². The first kappa shape index (κ1) is 17.5. The number of amides is 1. The molecular weight excluding hydrogens is 312 g/mol. The standard InChI is InChI=1S/C17H20N2O5/c1-4-12-8-6-7-9-13(12)23-10-14(20)18-16-15(11(3)19-24-16)17(21)22-5-2/h6-9H,4-5,10H2,1-3H3,(H,18,20). The second-order valence-corrected chi connectivity index (χ2v) is 4.99. The number of benzene rings is 1. The summed E-state index contributed by atoms with van der Waals surface area (Å²) in [7, 11) is 0. The van der Waals surface area contributed by atoms with Crippen LogP contribution in [0.2, 0.25) is 0 Å². The van der Waals surface area contributed by atoms with Gasteiger partial charge in [0.05, 0.1) is 12.3 Å². The van der Waals surface area contributed by atoms with E-state index in [1.807, 2.05) is 25.1 Å². The Bertz CT molecular complexity index is 724. The molecule has 7 heteroatoms. The van der Waals surface area contributed by atoms with Gasteiger partial charge in [0, 0.05) is 0 Å². The first-order chi connectivity index (χ1) is 11.6. The number of carbonyl (C=O) groups is 2. The van der Waals surface area contributed by atoms with Crippen LogP contribution in [0.15, 0.2) is 28.8 Å². The predicted molar refractivity (Wildman–Crippen MR) is 87.1 cm³/mol. The largest absolute Gasteiger partial charge is 0.483 e. The highest BCUT2D eigenvalue weighted by atomic mass is 16.5. The number of nitrogens with one attached hydrogen (secondary N) is 1. The summed E-state index contributed by atoms with van der Waals surface area (Å²) in [6.07, 6.45) is 0.798. The molecule has 0 bridgehead atoms. The Morgan fingerprint density at radius 3 is 2.71 bits per heavy atom. The van der Waals surface area contributed by atoms with Crippen molar-refractivity contribution in [3.8, 4) is 5.75 Å². The van der Waals surface area contributed by atoms with E-state index in [1.54, 1.807) is 19.9 Å². The molecule has 1 aromatic heterocycles. The number of hydrogen-bond donors (Lipinski definition) is 1. The molecule has 0 fully saturated rings. The molecule has 0 saturated carbocycles. The van der Waals surface area contributed by atoms with E-state index in [1.165, 1.54) is 0 Å². The number of aromatic nitrogens is 1. The molecular formula is C17H20N2O5. The Hall–Kier alpha value is -2.83. The number of aryl methyl sites for hydroxylation is 2. The van der Waals surface area contributed by atoms with Gasteiger partial charge in [-0.3, -0.25) is 10.1 Å². The SMILES string of the molecule is CCOC(=O)c1c(C)noc1NC(=O)COc1ccccc1CC. The summed E-state index contributed by atoms with van der Waals surface area (Å²) in [5, 5.41) is 6.17. The third-order valence-electron chi connectivity index (χ3n) is 3.31. The summed E-state index contributed by atoms with van der Waals surface area (Å²) in [5.41, 5.74) is 1.47. The Morgan fingerprint density at radius 2 is 2.00 bits per heavy atom. The Labute approximate surface area is 139 Å². The van der Waals surface area contributed by atoms with Crippen LogP contribution in [0.4, 0.5) is 5.88 Å². The third-order valence-corrected chi connectivity index (χ3v) is 3.31. The van der Waals surface area contributed by atoms with Crippen molar-refractivity contribution < 1.29 is 23.6 Å². The van der Waals surface area contributed by atoms with Crippen molar-refractivity contribution in [1.82, 2.24) is 5.16 Å². The molecule has 0 spiro atoms. The summed E-state index contributed by atoms with van der Waals surface area (Å²) in [6.45, 7) is 5.30. The number of esters is 1. The zero-order valence-corrected chi connectivity index (χ0v) is 13.9. The van der Waals surface area contributed by atoms with E-state index in [-0.39, 0.29) is 24.7 Å². The van der Waals surface area contributed by atoms with Crippen LogP contribution in [-0.2, 0) is 16.0 Å². The van der Waals surface area contributed by atoms with Gasteiger partial charge >= 0.3 is 5.97 Å². The van der Waals surface area contributed by atoms with E-state index in [9.17, 15) is 9.59 Å². The fourth-order valence-corrected chi connectivity index (χ4v) is 2.14. The average Bonchev–Trinajstić information content (AvgIpc) is 2.93. The molecule has 0 atom stereocenters. The fourth-order valence-electron chi connectivity index (χ4n) is 2.14. The maximum atomic E-state index is 12.1. The first-order valence-electron chi connectivity index (χ1n) is 7.70. The van der Waals surface area contributed by atoms with Gasteiger partial charge in [0.2, 0.25) is 5.88 Å². The number of anilines is 1. The lowest BCUT2D eigenvalue weighted by Crippen LogP contribution is -2.21. The first-order valence-corrected chi connectivity index (χ1v) is 7.70. The molecule has 0 aliphatic heterocycles. The molecule has 1 amide bonds. The minimum Gasteiger partial charge on any atom is -0.483 e. The molecule has 0 aliphatic rings. The van der Waals surface area contributed by atoms with E-state index in [0.717, 1.165) is 12.0 Å². The summed E-state index contributed by atoms with van der Waals surface area (Å²) < 4.78 is 15.4. The molecule has 1 N–H and O–H groups in total. The van der Waals surface area contributed by atoms with E-state index >= 15 is 0 Å². The van der Waals surface area contributed by atoms with Crippen molar-refractivity contribution in [2.75, 3.05) is 18.5 Å². The molecule has 24 heavy (non-hydrogen) atoms. The highest BCUT2D eigenvalue weighted by Crippen LogP contribution is 2.21. The zero-order chi connectivity index (χ0) is 17.5. The second kappa shape index (κ2) is 8.14. The topological polar surface area (TPSA) is 90.7 Å². The molecule has 0 radical (unpaired) electrons. The number of para-hydroxylation sites is 1. The molecule has 7 nitrogen and oxygen atoms in total. The summed E-state index contributed by atoms with van der Waals surface area (Å²) >= 11 is 0. The highest BCUT2D eigenvalue weighted by molar-refractivity contribution is 6.00. The minimum atomic E-state index is -0.594. The van der Waals surface area contributed by atoms with Crippen LogP contribution in [0.25, 0.3) is 0 Å². The molecule has 0 saturated heterocycles. The van der Waals surface area contributed by atoms with Gasteiger partial charge in [0.15, 0.2) is 6.61 Å². The monoisotopic (exact) mass is 332 g/mol. The van der Waals surface area contributed by atoms with E-state index in [4.69, 9.17) is 14.0 Å². The van der Waals surface area contributed by atoms with Gasteiger partial charge in [0.25, 0.3) is 5.91 Å². The van der Waals surface area contributed by atoms with Crippen molar-refractivity contribution in [2.24, 2.45) is 0 Å². The van der Waals surface area contributed by atoms with Gasteiger partial charge in [0.1, 0.15) is 11.3 Å². The highest BCUT2D eigenvalue weighted by Gasteiger charge is 2.23. The van der Waals surface area contributed by atoms with Crippen LogP contribution in [0, 0.1) is 6.92 Å². The Balaban J connectivity index is 2.02. The van der Waals surface area contributed by atoms with Crippen LogP contribution in [0.3, 0.4) is 0 Å². The van der Waals surface area contributed by atoms with Gasteiger partial charge in [-0.2, -0.15) is 0 Å². The molecule has 2 rings (SSSR count). The van der Waals surface area contributed by atoms with Crippen LogP contribution in [0.1, 0.15) is 35.5 Å². The predicted octanol–water partition coefficient (Wildman–Crippen LogP) is 2.74. The van der Waals surface area contributed by atoms with Crippen LogP contribution < -0.4 is 10.1 Å². The van der Waals surface area contributed by atoms with Crippen LogP contribution >= 0.6 is 0 Å². The van der Waals surface area contributed by atoms with E-state index in [2.05, 4.69) is 10.5 Å². The number of hydrogen-bond acceptors (Lipinski definition) is 6. The van der Waals surface area contributed by atoms with E-state index in [0.29, 0.717) is 11.4 Å². The fraction of sp³-hybridized carbons (Fsp3) is 0.353. The number of carbonyl (C=O) groups excluding carboxylic acids is 2. The van der Waals surface area contributed by atoms with Crippen molar-refractivity contribution in [2.45, 2.75) is 27.2 Å². The lowest BCUT2D eigenvalue weighted by molar-refractivity contribution is -0.118. The van der Waals surface area contributed by atoms with Crippen molar-refractivity contribution >= 4 is 17.8 Å². The minimum absolute atomic E-state index is 0.0386. The maximum Gasteiger partial charge on any atom is 0.345 e. The van der Waals surface area contributed by atoms with Crippen molar-refractivity contribution in [3.63, 3.8) is 0 Å². The third kappa shape index (κ3) is 4.13. The molecule has 0 aliphatic carbocycles. The van der Waals surface area contributed by atoms with Gasteiger partial charge in [-0.05, 0) is 31.9 Å². The Morgan fingerprint density at radius 1 is 1.25 bits per heavy atom. The quantitative estimate of drug-likeness (QED) is 0.784. The van der Waals surface area contributed by atoms with Gasteiger partial charge < -0.3 is 14.0 Å². The van der Waals surface area contributed by atoms with Crippen molar-refractivity contribution in [1.29, 1.82) is 0 Å². The zero-order valence-electron chi connectivity index (χ0n) is 13.9. The van der Waals surface area contributed by atoms with Gasteiger partial charge in [-0.25, -0.2) is 4.79 Å². The number of nitrogens with zero attached hydrogens (tertiary/aromatic N) is 1. The molecule has 1 aromatic carbocycles. The van der Waals surface area contributed by atoms with Crippen molar-refractivity contribution in [3.05, 3.63) is 41.1 Å². The maximum absolute atomic E-state index is 12.1. The number of rotatable bonds is 7. The van der Waals surface area contributed by atoms with Crippen LogP contribution in [0.5, 0.6) is 5.75 Å². The van der Waals surface area contributed by atoms with E-state index < -0.39 is 11.9 Å². The smallest absolute Gasteiger partial charge is 0.345 e. The van der Waals surface area contributed by atoms with Gasteiger partial charge in [-0.15, -0.1) is 0 Å².